The maximum atomic E-state index is 5.90. The molecule has 2 heterocycles. The Bertz CT molecular complexity index is 548. The van der Waals surface area contributed by atoms with E-state index < -0.39 is 0 Å². The van der Waals surface area contributed by atoms with Crippen LogP contribution >= 0.6 is 0 Å². The Morgan fingerprint density at radius 1 is 1.00 bits per heavy atom. The second-order valence-corrected chi connectivity index (χ2v) is 7.71. The number of ether oxygens (including phenoxy) is 3. The molecular formula is C20H34N2O3+2. The molecule has 5 nitrogen and oxygen atoms in total. The molecule has 1 aromatic rings. The van der Waals surface area contributed by atoms with Gasteiger partial charge in [0, 0.05) is 18.4 Å². The van der Waals surface area contributed by atoms with E-state index in [1.807, 2.05) is 6.07 Å². The van der Waals surface area contributed by atoms with Crippen LogP contribution in [-0.2, 0) is 11.3 Å². The minimum atomic E-state index is 0.399. The summed E-state index contributed by atoms with van der Waals surface area (Å²) in [6.07, 6.45) is 3.43. The van der Waals surface area contributed by atoms with Crippen LogP contribution in [0.25, 0.3) is 0 Å². The van der Waals surface area contributed by atoms with Gasteiger partial charge in [0.05, 0.1) is 33.4 Å². The standard InChI is InChI=1S/C20H32N2O3/c1-15-12-22(13-16(2)25-15)18-7-9-21(10-8-18)14-17-5-6-19(23-3)20(11-17)24-4/h5-6,11,15-16,18H,7-10,12-14H2,1-4H3/p+2/t15-,16-/m1/s1. The van der Waals surface area contributed by atoms with Crippen LogP contribution in [0.15, 0.2) is 18.2 Å². The highest BCUT2D eigenvalue weighted by molar-refractivity contribution is 5.42. The Kier molecular flexibility index (Phi) is 6.20. The molecule has 3 rings (SSSR count). The molecule has 0 amide bonds. The maximum Gasteiger partial charge on any atom is 0.161 e. The Morgan fingerprint density at radius 3 is 2.24 bits per heavy atom. The van der Waals surface area contributed by atoms with E-state index in [0.717, 1.165) is 24.1 Å². The first-order valence-corrected chi connectivity index (χ1v) is 9.63. The summed E-state index contributed by atoms with van der Waals surface area (Å²) < 4.78 is 16.7. The lowest BCUT2D eigenvalue weighted by molar-refractivity contribution is -0.970. The van der Waals surface area contributed by atoms with Crippen LogP contribution in [0.5, 0.6) is 11.5 Å². The van der Waals surface area contributed by atoms with Gasteiger partial charge in [-0.2, -0.15) is 0 Å². The molecule has 140 valence electrons. The van der Waals surface area contributed by atoms with Gasteiger partial charge in [0.2, 0.25) is 0 Å². The molecular weight excluding hydrogens is 316 g/mol. The fourth-order valence-electron chi connectivity index (χ4n) is 4.54. The number of methoxy groups -OCH3 is 2. The monoisotopic (exact) mass is 350 g/mol. The fraction of sp³-hybridized carbons (Fsp3) is 0.700. The van der Waals surface area contributed by atoms with Crippen molar-refractivity contribution in [3.63, 3.8) is 0 Å². The molecule has 0 aromatic heterocycles. The van der Waals surface area contributed by atoms with E-state index in [0.29, 0.717) is 12.2 Å². The van der Waals surface area contributed by atoms with E-state index in [2.05, 4.69) is 26.0 Å². The van der Waals surface area contributed by atoms with Gasteiger partial charge in [-0.05, 0) is 32.0 Å². The minimum Gasteiger partial charge on any atom is -0.493 e. The number of nitrogens with one attached hydrogen (secondary N) is 2. The number of likely N-dealkylation sites (tertiary alicyclic amines) is 1. The number of quaternary nitrogens is 2. The SMILES string of the molecule is COc1ccc(C[NH+]2CCC([NH+]3C[C@@H](C)O[C@H](C)C3)CC2)cc1OC. The van der Waals surface area contributed by atoms with Crippen LogP contribution in [0, 0.1) is 0 Å². The number of piperidine rings is 1. The molecule has 2 N–H and O–H groups in total. The summed E-state index contributed by atoms with van der Waals surface area (Å²) in [5.41, 5.74) is 1.33. The van der Waals surface area contributed by atoms with E-state index >= 15 is 0 Å². The summed E-state index contributed by atoms with van der Waals surface area (Å²) in [6, 6.07) is 7.11. The highest BCUT2D eigenvalue weighted by Crippen LogP contribution is 2.27. The molecule has 2 atom stereocenters. The van der Waals surface area contributed by atoms with Crippen molar-refractivity contribution in [1.82, 2.24) is 0 Å². The Hall–Kier alpha value is -1.30. The molecule has 5 heteroatoms. The van der Waals surface area contributed by atoms with Gasteiger partial charge in [0.1, 0.15) is 31.8 Å². The first-order valence-electron chi connectivity index (χ1n) is 9.63. The molecule has 1 aromatic carbocycles. The van der Waals surface area contributed by atoms with Gasteiger partial charge in [-0.25, -0.2) is 0 Å². The first-order chi connectivity index (χ1) is 12.1. The van der Waals surface area contributed by atoms with Gasteiger partial charge in [-0.1, -0.05) is 0 Å². The summed E-state index contributed by atoms with van der Waals surface area (Å²) in [7, 11) is 3.39. The first kappa shape index (κ1) is 18.5. The summed E-state index contributed by atoms with van der Waals surface area (Å²) in [5, 5.41) is 0. The smallest absolute Gasteiger partial charge is 0.161 e. The molecule has 2 aliphatic rings. The van der Waals surface area contributed by atoms with Crippen molar-refractivity contribution in [1.29, 1.82) is 0 Å². The Labute approximate surface area is 151 Å². The van der Waals surface area contributed by atoms with Crippen LogP contribution in [0.4, 0.5) is 0 Å². The van der Waals surface area contributed by atoms with Crippen molar-refractivity contribution >= 4 is 0 Å². The van der Waals surface area contributed by atoms with Crippen LogP contribution in [-0.4, -0.2) is 58.6 Å². The zero-order valence-corrected chi connectivity index (χ0v) is 16.1. The third-order valence-corrected chi connectivity index (χ3v) is 5.74. The molecule has 0 aliphatic carbocycles. The molecule has 0 saturated carbocycles. The molecule has 2 aliphatic heterocycles. The average Bonchev–Trinajstić information content (AvgIpc) is 2.61. The van der Waals surface area contributed by atoms with E-state index in [1.165, 1.54) is 44.6 Å². The molecule has 0 radical (unpaired) electrons. The number of morpholine rings is 1. The lowest BCUT2D eigenvalue weighted by atomic mass is 10.0. The summed E-state index contributed by atoms with van der Waals surface area (Å²) >= 11 is 0. The second kappa shape index (κ2) is 8.39. The van der Waals surface area contributed by atoms with E-state index in [1.54, 1.807) is 24.0 Å². The zero-order chi connectivity index (χ0) is 17.8. The van der Waals surface area contributed by atoms with E-state index in [4.69, 9.17) is 14.2 Å². The van der Waals surface area contributed by atoms with Gasteiger partial charge >= 0.3 is 0 Å². The molecule has 0 bridgehead atoms. The predicted octanol–water partition coefficient (Wildman–Crippen LogP) is -0.0568. The third kappa shape index (κ3) is 4.66. The van der Waals surface area contributed by atoms with Crippen molar-refractivity contribution in [3.8, 4) is 11.5 Å². The number of hydrogen-bond donors (Lipinski definition) is 2. The van der Waals surface area contributed by atoms with E-state index in [9.17, 15) is 0 Å². The number of benzene rings is 1. The highest BCUT2D eigenvalue weighted by Gasteiger charge is 2.35. The summed E-state index contributed by atoms with van der Waals surface area (Å²) in [5.74, 6) is 1.63. The van der Waals surface area contributed by atoms with E-state index in [-0.39, 0.29) is 0 Å². The summed E-state index contributed by atoms with van der Waals surface area (Å²) in [6.45, 7) is 10.3. The van der Waals surface area contributed by atoms with Gasteiger partial charge in [-0.15, -0.1) is 0 Å². The molecule has 2 saturated heterocycles. The van der Waals surface area contributed by atoms with Gasteiger partial charge in [0.25, 0.3) is 0 Å². The minimum absolute atomic E-state index is 0.399. The van der Waals surface area contributed by atoms with Crippen molar-refractivity contribution in [2.75, 3.05) is 40.4 Å². The molecule has 0 spiro atoms. The topological polar surface area (TPSA) is 36.6 Å². The van der Waals surface area contributed by atoms with Crippen molar-refractivity contribution < 1.29 is 24.0 Å². The van der Waals surface area contributed by atoms with Crippen LogP contribution < -0.4 is 19.3 Å². The van der Waals surface area contributed by atoms with Crippen LogP contribution in [0.1, 0.15) is 32.3 Å². The second-order valence-electron chi connectivity index (χ2n) is 7.71. The molecule has 2 fully saturated rings. The zero-order valence-electron chi connectivity index (χ0n) is 16.1. The predicted molar refractivity (Wildman–Crippen MR) is 97.7 cm³/mol. The molecule has 0 unspecified atom stereocenters. The Morgan fingerprint density at radius 2 is 1.64 bits per heavy atom. The van der Waals surface area contributed by atoms with Crippen molar-refractivity contribution in [2.45, 2.75) is 51.5 Å². The highest BCUT2D eigenvalue weighted by atomic mass is 16.5. The van der Waals surface area contributed by atoms with Crippen LogP contribution in [0.3, 0.4) is 0 Å². The maximum absolute atomic E-state index is 5.90. The summed E-state index contributed by atoms with van der Waals surface area (Å²) in [4.78, 5) is 3.44. The van der Waals surface area contributed by atoms with Crippen molar-refractivity contribution in [3.05, 3.63) is 23.8 Å². The van der Waals surface area contributed by atoms with Crippen LogP contribution in [0.2, 0.25) is 0 Å². The lowest BCUT2D eigenvalue weighted by Gasteiger charge is -2.39. The average molecular weight is 351 g/mol. The van der Waals surface area contributed by atoms with Gasteiger partial charge < -0.3 is 24.0 Å². The Balaban J connectivity index is 1.52. The number of hydrogen-bond acceptors (Lipinski definition) is 3. The number of rotatable bonds is 5. The third-order valence-electron chi connectivity index (χ3n) is 5.74. The quantitative estimate of drug-likeness (QED) is 0.781. The fourth-order valence-corrected chi connectivity index (χ4v) is 4.54. The van der Waals surface area contributed by atoms with Crippen molar-refractivity contribution in [2.24, 2.45) is 0 Å². The molecule has 25 heavy (non-hydrogen) atoms. The largest absolute Gasteiger partial charge is 0.493 e. The normalized spacial score (nSPS) is 33.0. The lowest BCUT2D eigenvalue weighted by Crippen LogP contribution is -3.22. The van der Waals surface area contributed by atoms with Gasteiger partial charge in [0.15, 0.2) is 11.5 Å². The van der Waals surface area contributed by atoms with Gasteiger partial charge in [-0.3, -0.25) is 0 Å².